The second-order valence-electron chi connectivity index (χ2n) is 7.95. The molecule has 168 valence electrons. The molecular weight excluding hydrogens is 445 g/mol. The van der Waals surface area contributed by atoms with Crippen molar-refractivity contribution in [2.45, 2.75) is 18.9 Å². The Morgan fingerprint density at radius 3 is 2.38 bits per heavy atom. The first-order chi connectivity index (χ1) is 14.7. The van der Waals surface area contributed by atoms with Gasteiger partial charge in [-0.25, -0.2) is 4.79 Å². The van der Waals surface area contributed by atoms with Crippen LogP contribution in [0.15, 0.2) is 66.9 Å². The molecule has 2 aliphatic rings. The molecular formula is C25H27Cl2N3O2. The van der Waals surface area contributed by atoms with Gasteiger partial charge in [-0.3, -0.25) is 9.88 Å². The number of aromatic nitrogens is 1. The highest BCUT2D eigenvalue weighted by Gasteiger charge is 2.32. The zero-order valence-corrected chi connectivity index (χ0v) is 19.5. The average Bonchev–Trinajstić information content (AvgIpc) is 3.11. The fourth-order valence-corrected chi connectivity index (χ4v) is 4.67. The van der Waals surface area contributed by atoms with Crippen molar-refractivity contribution in [2.24, 2.45) is 0 Å². The van der Waals surface area contributed by atoms with Crippen molar-refractivity contribution in [2.75, 3.05) is 26.2 Å². The van der Waals surface area contributed by atoms with Gasteiger partial charge in [0.05, 0.1) is 6.04 Å². The summed E-state index contributed by atoms with van der Waals surface area (Å²) in [6, 6.07) is 20.8. The molecule has 0 saturated carbocycles. The molecule has 1 fully saturated rings. The SMILES string of the molecule is Cc1cc(C2CNCCN2C(=O)OCC2c3ccccc3-c3ccccc32)ccn1.Cl.Cl. The first-order valence-corrected chi connectivity index (χ1v) is 10.5. The molecule has 1 unspecified atom stereocenters. The third-order valence-corrected chi connectivity index (χ3v) is 6.12. The Bertz CT molecular complexity index is 1050. The smallest absolute Gasteiger partial charge is 0.410 e. The Balaban J connectivity index is 0.00000144. The fourth-order valence-electron chi connectivity index (χ4n) is 4.67. The second kappa shape index (κ2) is 10.3. The summed E-state index contributed by atoms with van der Waals surface area (Å²) in [5.74, 6) is 0.0749. The number of fused-ring (bicyclic) bond motifs is 3. The normalized spacial score (nSPS) is 16.9. The number of carbonyl (C=O) groups excluding carboxylic acids is 1. The fraction of sp³-hybridized carbons (Fsp3) is 0.280. The van der Waals surface area contributed by atoms with Crippen LogP contribution in [-0.4, -0.2) is 42.2 Å². The summed E-state index contributed by atoms with van der Waals surface area (Å²) in [4.78, 5) is 19.2. The van der Waals surface area contributed by atoms with Gasteiger partial charge in [-0.05, 0) is 46.9 Å². The number of hydrogen-bond acceptors (Lipinski definition) is 4. The van der Waals surface area contributed by atoms with Crippen molar-refractivity contribution in [3.8, 4) is 11.1 Å². The van der Waals surface area contributed by atoms with Gasteiger partial charge in [0.25, 0.3) is 0 Å². The van der Waals surface area contributed by atoms with Crippen LogP contribution in [0.5, 0.6) is 0 Å². The van der Waals surface area contributed by atoms with E-state index in [1.54, 1.807) is 6.20 Å². The van der Waals surface area contributed by atoms with Crippen LogP contribution in [0, 0.1) is 6.92 Å². The highest BCUT2D eigenvalue weighted by Crippen LogP contribution is 2.44. The third kappa shape index (κ3) is 4.46. The van der Waals surface area contributed by atoms with Crippen LogP contribution in [0.4, 0.5) is 4.79 Å². The Morgan fingerprint density at radius 1 is 1.06 bits per heavy atom. The van der Waals surface area contributed by atoms with E-state index in [1.807, 2.05) is 24.0 Å². The van der Waals surface area contributed by atoms with E-state index in [0.29, 0.717) is 19.7 Å². The highest BCUT2D eigenvalue weighted by molar-refractivity contribution is 5.85. The van der Waals surface area contributed by atoms with E-state index in [2.05, 4.69) is 58.8 Å². The van der Waals surface area contributed by atoms with Crippen LogP contribution >= 0.6 is 24.8 Å². The Labute approximate surface area is 201 Å². The van der Waals surface area contributed by atoms with Crippen LogP contribution in [-0.2, 0) is 4.74 Å². The van der Waals surface area contributed by atoms with Gasteiger partial charge < -0.3 is 10.1 Å². The number of halogens is 2. The van der Waals surface area contributed by atoms with E-state index in [0.717, 1.165) is 17.8 Å². The van der Waals surface area contributed by atoms with Crippen LogP contribution in [0.2, 0.25) is 0 Å². The van der Waals surface area contributed by atoms with Gasteiger partial charge in [-0.2, -0.15) is 0 Å². The molecule has 32 heavy (non-hydrogen) atoms. The molecule has 1 aliphatic carbocycles. The predicted octanol–water partition coefficient (Wildman–Crippen LogP) is 5.13. The molecule has 7 heteroatoms. The largest absolute Gasteiger partial charge is 0.448 e. The lowest BCUT2D eigenvalue weighted by Crippen LogP contribution is -2.49. The van der Waals surface area contributed by atoms with Gasteiger partial charge in [0, 0.05) is 37.4 Å². The van der Waals surface area contributed by atoms with E-state index in [1.165, 1.54) is 22.3 Å². The van der Waals surface area contributed by atoms with Gasteiger partial charge in [-0.15, -0.1) is 24.8 Å². The first-order valence-electron chi connectivity index (χ1n) is 10.5. The van der Waals surface area contributed by atoms with Crippen molar-refractivity contribution >= 4 is 30.9 Å². The Hall–Kier alpha value is -2.60. The van der Waals surface area contributed by atoms with Gasteiger partial charge in [0.2, 0.25) is 0 Å². The van der Waals surface area contributed by atoms with E-state index in [9.17, 15) is 4.79 Å². The minimum Gasteiger partial charge on any atom is -0.448 e. The van der Waals surface area contributed by atoms with Crippen molar-refractivity contribution in [1.82, 2.24) is 15.2 Å². The molecule has 1 aliphatic heterocycles. The summed E-state index contributed by atoms with van der Waals surface area (Å²) >= 11 is 0. The average molecular weight is 472 g/mol. The summed E-state index contributed by atoms with van der Waals surface area (Å²) in [5, 5.41) is 3.39. The van der Waals surface area contributed by atoms with Crippen molar-refractivity contribution < 1.29 is 9.53 Å². The molecule has 0 bridgehead atoms. The van der Waals surface area contributed by atoms with E-state index >= 15 is 0 Å². The van der Waals surface area contributed by atoms with E-state index < -0.39 is 0 Å². The number of hydrogen-bond donors (Lipinski definition) is 1. The Morgan fingerprint density at radius 2 is 1.72 bits per heavy atom. The molecule has 1 N–H and O–H groups in total. The van der Waals surface area contributed by atoms with Crippen molar-refractivity contribution in [1.29, 1.82) is 0 Å². The van der Waals surface area contributed by atoms with E-state index in [4.69, 9.17) is 4.74 Å². The number of nitrogens with one attached hydrogen (secondary N) is 1. The molecule has 2 heterocycles. The zero-order valence-electron chi connectivity index (χ0n) is 17.9. The molecule has 2 aromatic carbocycles. The van der Waals surface area contributed by atoms with Gasteiger partial charge >= 0.3 is 6.09 Å². The maximum Gasteiger partial charge on any atom is 0.410 e. The quantitative estimate of drug-likeness (QED) is 0.575. The molecule has 3 aromatic rings. The van der Waals surface area contributed by atoms with E-state index in [-0.39, 0.29) is 42.9 Å². The summed E-state index contributed by atoms with van der Waals surface area (Å²) in [7, 11) is 0. The number of rotatable bonds is 3. The lowest BCUT2D eigenvalue weighted by atomic mass is 9.98. The minimum atomic E-state index is -0.252. The molecule has 1 amide bonds. The molecule has 5 rings (SSSR count). The van der Waals surface area contributed by atoms with Gasteiger partial charge in [-0.1, -0.05) is 48.5 Å². The number of nitrogens with zero attached hydrogens (tertiary/aromatic N) is 2. The number of benzene rings is 2. The lowest BCUT2D eigenvalue weighted by Gasteiger charge is -2.36. The number of piperazine rings is 1. The van der Waals surface area contributed by atoms with Crippen LogP contribution in [0.3, 0.4) is 0 Å². The van der Waals surface area contributed by atoms with Crippen LogP contribution in [0.25, 0.3) is 11.1 Å². The maximum absolute atomic E-state index is 13.1. The number of carbonyl (C=O) groups is 1. The third-order valence-electron chi connectivity index (χ3n) is 6.12. The standard InChI is InChI=1S/C25H25N3O2.2ClH/c1-17-14-18(10-11-27-17)24-15-26-12-13-28(24)25(29)30-16-23-21-8-4-2-6-19(21)20-7-3-5-9-22(20)23;;/h2-11,14,23-24,26H,12-13,15-16H2,1H3;2*1H. The Kier molecular flexibility index (Phi) is 7.77. The number of pyridine rings is 1. The minimum absolute atomic E-state index is 0. The lowest BCUT2D eigenvalue weighted by molar-refractivity contribution is 0.0752. The van der Waals surface area contributed by atoms with Crippen LogP contribution < -0.4 is 5.32 Å². The molecule has 1 saturated heterocycles. The molecule has 1 atom stereocenters. The molecule has 1 aromatic heterocycles. The molecule has 0 spiro atoms. The second-order valence-corrected chi connectivity index (χ2v) is 7.95. The summed E-state index contributed by atoms with van der Waals surface area (Å²) < 4.78 is 5.90. The number of aryl methyl sites for hydroxylation is 1. The number of amides is 1. The topological polar surface area (TPSA) is 54.5 Å². The maximum atomic E-state index is 13.1. The predicted molar refractivity (Wildman–Crippen MR) is 131 cm³/mol. The molecule has 5 nitrogen and oxygen atoms in total. The summed E-state index contributed by atoms with van der Waals surface area (Å²) in [6.45, 7) is 4.43. The zero-order chi connectivity index (χ0) is 20.5. The van der Waals surface area contributed by atoms with Gasteiger partial charge in [0.15, 0.2) is 0 Å². The van der Waals surface area contributed by atoms with Crippen molar-refractivity contribution in [3.63, 3.8) is 0 Å². The first kappa shape index (κ1) is 24.1. The summed E-state index contributed by atoms with van der Waals surface area (Å²) in [6.07, 6.45) is 1.55. The summed E-state index contributed by atoms with van der Waals surface area (Å²) in [5.41, 5.74) is 6.97. The van der Waals surface area contributed by atoms with Gasteiger partial charge in [0.1, 0.15) is 6.61 Å². The van der Waals surface area contributed by atoms with Crippen molar-refractivity contribution in [3.05, 3.63) is 89.2 Å². The molecule has 0 radical (unpaired) electrons. The number of ether oxygens (including phenoxy) is 1. The van der Waals surface area contributed by atoms with Crippen LogP contribution in [0.1, 0.15) is 34.3 Å². The highest BCUT2D eigenvalue weighted by atomic mass is 35.5. The monoisotopic (exact) mass is 471 g/mol.